The number of amides is 1. The Morgan fingerprint density at radius 1 is 1.03 bits per heavy atom. The van der Waals surface area contributed by atoms with Crippen LogP contribution in [0.15, 0.2) is 36.4 Å². The van der Waals surface area contributed by atoms with Crippen LogP contribution in [0.1, 0.15) is 27.9 Å². The Kier molecular flexibility index (Phi) is 7.53. The Labute approximate surface area is 205 Å². The van der Waals surface area contributed by atoms with Gasteiger partial charge in [0.1, 0.15) is 11.3 Å². The van der Waals surface area contributed by atoms with E-state index in [1.165, 1.54) is 12.1 Å². The number of morpholine rings is 1. The summed E-state index contributed by atoms with van der Waals surface area (Å²) in [6.45, 7) is 2.85. The Morgan fingerprint density at radius 2 is 1.67 bits per heavy atom. The van der Waals surface area contributed by atoms with Crippen molar-refractivity contribution in [3.63, 3.8) is 0 Å². The number of alkyl halides is 6. The fourth-order valence-corrected chi connectivity index (χ4v) is 4.82. The highest BCUT2D eigenvalue weighted by Crippen LogP contribution is 2.37. The molecule has 0 spiro atoms. The van der Waals surface area contributed by atoms with Crippen molar-refractivity contribution in [3.8, 4) is 0 Å². The standard InChI is InChI=1S/C23H20F7N3O2S/c24-17-3-1-4-18-19(17)31-21(36-18)33(6-2-5-32-7-9-35-10-8-32)20(34)14-11-15(22(25,26)27)13-16(12-14)23(28,29)30/h1,3-4,11-13H,2,5-10H2. The van der Waals surface area contributed by atoms with Gasteiger partial charge in [0.15, 0.2) is 5.13 Å². The number of thiazole rings is 1. The molecule has 0 N–H and O–H groups in total. The van der Waals surface area contributed by atoms with E-state index in [-0.39, 0.29) is 23.3 Å². The molecule has 13 heteroatoms. The maximum absolute atomic E-state index is 14.2. The van der Waals surface area contributed by atoms with Gasteiger partial charge in [-0.2, -0.15) is 26.3 Å². The monoisotopic (exact) mass is 535 g/mol. The smallest absolute Gasteiger partial charge is 0.379 e. The van der Waals surface area contributed by atoms with Crippen LogP contribution in [0.3, 0.4) is 0 Å². The van der Waals surface area contributed by atoms with Crippen LogP contribution in [0, 0.1) is 5.82 Å². The van der Waals surface area contributed by atoms with E-state index in [0.29, 0.717) is 56.1 Å². The molecular weight excluding hydrogens is 515 g/mol. The van der Waals surface area contributed by atoms with E-state index in [0.717, 1.165) is 16.2 Å². The second-order valence-corrected chi connectivity index (χ2v) is 9.15. The van der Waals surface area contributed by atoms with Crippen molar-refractivity contribution < 1.29 is 40.3 Å². The maximum Gasteiger partial charge on any atom is 0.416 e. The molecule has 0 atom stereocenters. The van der Waals surface area contributed by atoms with E-state index in [9.17, 15) is 35.5 Å². The minimum Gasteiger partial charge on any atom is -0.379 e. The fourth-order valence-electron chi connectivity index (χ4n) is 3.81. The van der Waals surface area contributed by atoms with Crippen molar-refractivity contribution in [1.82, 2.24) is 9.88 Å². The summed E-state index contributed by atoms with van der Waals surface area (Å²) < 4.78 is 100. The summed E-state index contributed by atoms with van der Waals surface area (Å²) in [5.41, 5.74) is -4.01. The summed E-state index contributed by atoms with van der Waals surface area (Å²) in [6, 6.07) is 4.90. The van der Waals surface area contributed by atoms with Gasteiger partial charge in [-0.1, -0.05) is 17.4 Å². The molecule has 2 heterocycles. The first-order valence-electron chi connectivity index (χ1n) is 10.9. The zero-order valence-corrected chi connectivity index (χ0v) is 19.4. The number of aromatic nitrogens is 1. The zero-order valence-electron chi connectivity index (χ0n) is 18.6. The summed E-state index contributed by atoms with van der Waals surface area (Å²) in [5, 5.41) is -0.0203. The number of anilines is 1. The quantitative estimate of drug-likeness (QED) is 0.372. The zero-order chi connectivity index (χ0) is 26.1. The molecule has 0 aliphatic carbocycles. The van der Waals surface area contributed by atoms with Crippen LogP contribution in [0.5, 0.6) is 0 Å². The predicted octanol–water partition coefficient (Wildman–Crippen LogP) is 5.84. The third-order valence-corrected chi connectivity index (χ3v) is 6.67. The summed E-state index contributed by atoms with van der Waals surface area (Å²) in [4.78, 5) is 20.6. The minimum absolute atomic E-state index is 0.0203. The Balaban J connectivity index is 1.71. The number of fused-ring (bicyclic) bond motifs is 1. The van der Waals surface area contributed by atoms with Gasteiger partial charge in [0.2, 0.25) is 0 Å². The molecule has 0 unspecified atom stereocenters. The molecule has 1 aliphatic rings. The number of carbonyl (C=O) groups is 1. The number of benzene rings is 2. The lowest BCUT2D eigenvalue weighted by molar-refractivity contribution is -0.143. The van der Waals surface area contributed by atoms with Gasteiger partial charge in [0.05, 0.1) is 29.0 Å². The maximum atomic E-state index is 14.2. The van der Waals surface area contributed by atoms with E-state index in [1.54, 1.807) is 6.07 Å². The van der Waals surface area contributed by atoms with E-state index < -0.39 is 40.8 Å². The van der Waals surface area contributed by atoms with Crippen molar-refractivity contribution in [2.75, 3.05) is 44.3 Å². The molecule has 1 fully saturated rings. The number of hydrogen-bond acceptors (Lipinski definition) is 5. The molecule has 4 rings (SSSR count). The second kappa shape index (κ2) is 10.3. The third-order valence-electron chi connectivity index (χ3n) is 5.63. The van der Waals surface area contributed by atoms with Gasteiger partial charge in [-0.05, 0) is 36.8 Å². The van der Waals surface area contributed by atoms with Crippen LogP contribution in [-0.2, 0) is 17.1 Å². The first-order valence-corrected chi connectivity index (χ1v) is 11.7. The van der Waals surface area contributed by atoms with Crippen LogP contribution >= 0.6 is 11.3 Å². The lowest BCUT2D eigenvalue weighted by atomic mass is 10.0. The molecule has 1 aliphatic heterocycles. The first kappa shape index (κ1) is 26.3. The molecule has 1 aromatic heterocycles. The van der Waals surface area contributed by atoms with Crippen molar-refractivity contribution in [3.05, 3.63) is 58.9 Å². The van der Waals surface area contributed by atoms with Crippen molar-refractivity contribution in [2.45, 2.75) is 18.8 Å². The number of hydrogen-bond donors (Lipinski definition) is 0. The summed E-state index contributed by atoms with van der Waals surface area (Å²) >= 11 is 0.924. The van der Waals surface area contributed by atoms with E-state index in [4.69, 9.17) is 4.74 Å². The molecule has 0 saturated carbocycles. The fraction of sp³-hybridized carbons (Fsp3) is 0.391. The number of rotatable bonds is 6. The van der Waals surface area contributed by atoms with E-state index in [2.05, 4.69) is 9.88 Å². The first-order chi connectivity index (χ1) is 16.9. The average molecular weight is 535 g/mol. The number of carbonyl (C=O) groups excluding carboxylic acids is 1. The van der Waals surface area contributed by atoms with Crippen LogP contribution in [0.4, 0.5) is 35.9 Å². The molecule has 0 radical (unpaired) electrons. The Morgan fingerprint density at radius 3 is 2.25 bits per heavy atom. The highest BCUT2D eigenvalue weighted by Gasteiger charge is 2.38. The molecule has 3 aromatic rings. The van der Waals surface area contributed by atoms with E-state index in [1.807, 2.05) is 0 Å². The topological polar surface area (TPSA) is 45.7 Å². The molecule has 36 heavy (non-hydrogen) atoms. The lowest BCUT2D eigenvalue weighted by Crippen LogP contribution is -2.39. The summed E-state index contributed by atoms with van der Waals surface area (Å²) in [7, 11) is 0. The van der Waals surface area contributed by atoms with Crippen molar-refractivity contribution in [1.29, 1.82) is 0 Å². The highest BCUT2D eigenvalue weighted by molar-refractivity contribution is 7.22. The van der Waals surface area contributed by atoms with Gasteiger partial charge >= 0.3 is 12.4 Å². The van der Waals surface area contributed by atoms with Crippen molar-refractivity contribution in [2.24, 2.45) is 0 Å². The largest absolute Gasteiger partial charge is 0.416 e. The van der Waals surface area contributed by atoms with Gasteiger partial charge < -0.3 is 4.74 Å². The molecule has 2 aromatic carbocycles. The predicted molar refractivity (Wildman–Crippen MR) is 120 cm³/mol. The Bertz CT molecular complexity index is 1200. The molecule has 1 amide bonds. The molecule has 5 nitrogen and oxygen atoms in total. The van der Waals surface area contributed by atoms with Gasteiger partial charge in [0, 0.05) is 31.7 Å². The lowest BCUT2D eigenvalue weighted by Gasteiger charge is -2.28. The van der Waals surface area contributed by atoms with Gasteiger partial charge in [0.25, 0.3) is 5.91 Å². The highest BCUT2D eigenvalue weighted by atomic mass is 32.1. The number of nitrogens with zero attached hydrogens (tertiary/aromatic N) is 3. The van der Waals surface area contributed by atoms with Gasteiger partial charge in [-0.25, -0.2) is 9.37 Å². The number of ether oxygens (including phenoxy) is 1. The van der Waals surface area contributed by atoms with Crippen LogP contribution < -0.4 is 4.90 Å². The number of para-hydroxylation sites is 1. The SMILES string of the molecule is O=C(c1cc(C(F)(F)F)cc(C(F)(F)F)c1)N(CCCN1CCOCC1)c1nc2c(F)cccc2s1. The third kappa shape index (κ3) is 5.95. The molecule has 0 bridgehead atoms. The molecule has 1 saturated heterocycles. The van der Waals surface area contributed by atoms with E-state index >= 15 is 0 Å². The van der Waals surface area contributed by atoms with Gasteiger partial charge in [-0.3, -0.25) is 14.6 Å². The second-order valence-electron chi connectivity index (χ2n) is 8.14. The minimum atomic E-state index is -5.10. The van der Waals surface area contributed by atoms with Crippen LogP contribution in [0.2, 0.25) is 0 Å². The average Bonchev–Trinajstić information content (AvgIpc) is 3.26. The van der Waals surface area contributed by atoms with Crippen molar-refractivity contribution >= 4 is 32.6 Å². The number of halogens is 7. The summed E-state index contributed by atoms with van der Waals surface area (Å²) in [6.07, 6.45) is -9.85. The normalized spacial score (nSPS) is 15.4. The summed E-state index contributed by atoms with van der Waals surface area (Å²) in [5.74, 6) is -1.75. The van der Waals surface area contributed by atoms with Gasteiger partial charge in [-0.15, -0.1) is 0 Å². The molecule has 194 valence electrons. The van der Waals surface area contributed by atoms with Crippen LogP contribution in [-0.4, -0.2) is 55.2 Å². The molecular formula is C23H20F7N3O2S. The Hall–Kier alpha value is -2.77. The van der Waals surface area contributed by atoms with Crippen LogP contribution in [0.25, 0.3) is 10.2 Å².